The van der Waals surface area contributed by atoms with E-state index in [0.717, 1.165) is 29.8 Å². The minimum absolute atomic E-state index is 0.00577. The zero-order chi connectivity index (χ0) is 21.5. The highest BCUT2D eigenvalue weighted by molar-refractivity contribution is 7.89. The number of hydrogen-bond acceptors (Lipinski definition) is 5. The average molecular weight is 427 g/mol. The van der Waals surface area contributed by atoms with E-state index in [9.17, 15) is 13.2 Å². The van der Waals surface area contributed by atoms with Gasteiger partial charge in [-0.3, -0.25) is 4.79 Å². The molecule has 0 saturated carbocycles. The second-order valence-corrected chi connectivity index (χ2v) is 9.85. The summed E-state index contributed by atoms with van der Waals surface area (Å²) in [6.07, 6.45) is 2.67. The average Bonchev–Trinajstić information content (AvgIpc) is 3.35. The fourth-order valence-corrected chi connectivity index (χ4v) is 5.56. The SMILES string of the molecule is Cc1cc(C)n2nc(C)c(C(=O)CCc3ccc(S(=O)(=O)N4CCCC4)cc3)c2n1. The lowest BCUT2D eigenvalue weighted by Gasteiger charge is -2.15. The Morgan fingerprint density at radius 1 is 1.07 bits per heavy atom. The molecule has 4 rings (SSSR count). The van der Waals surface area contributed by atoms with Crippen LogP contribution in [0.1, 0.15) is 52.3 Å². The number of carbonyl (C=O) groups excluding carboxylic acids is 1. The number of fused-ring (bicyclic) bond motifs is 1. The maximum absolute atomic E-state index is 12.9. The summed E-state index contributed by atoms with van der Waals surface area (Å²) in [5.41, 5.74) is 4.56. The van der Waals surface area contributed by atoms with E-state index in [0.29, 0.717) is 47.7 Å². The molecule has 1 aliphatic heterocycles. The number of sulfonamides is 1. The van der Waals surface area contributed by atoms with E-state index >= 15 is 0 Å². The van der Waals surface area contributed by atoms with Gasteiger partial charge < -0.3 is 0 Å². The van der Waals surface area contributed by atoms with E-state index in [-0.39, 0.29) is 5.78 Å². The van der Waals surface area contributed by atoms with Crippen molar-refractivity contribution in [2.24, 2.45) is 0 Å². The van der Waals surface area contributed by atoms with Gasteiger partial charge in [-0.15, -0.1) is 0 Å². The Labute approximate surface area is 176 Å². The molecular weight excluding hydrogens is 400 g/mol. The topological polar surface area (TPSA) is 84.6 Å². The van der Waals surface area contributed by atoms with E-state index in [4.69, 9.17) is 0 Å². The number of aromatic nitrogens is 3. The van der Waals surface area contributed by atoms with Gasteiger partial charge in [0.25, 0.3) is 0 Å². The molecule has 7 nitrogen and oxygen atoms in total. The standard InChI is InChI=1S/C22H26N4O3S/c1-15-14-16(2)26-22(23-15)21(17(3)24-26)20(27)11-8-18-6-9-19(10-7-18)30(28,29)25-12-4-5-13-25/h6-7,9-10,14H,4-5,8,11-13H2,1-3H3. The lowest BCUT2D eigenvalue weighted by Crippen LogP contribution is -2.27. The maximum Gasteiger partial charge on any atom is 0.243 e. The summed E-state index contributed by atoms with van der Waals surface area (Å²) in [5, 5.41) is 4.47. The van der Waals surface area contributed by atoms with Crippen molar-refractivity contribution < 1.29 is 13.2 Å². The molecule has 8 heteroatoms. The highest BCUT2D eigenvalue weighted by Gasteiger charge is 2.27. The summed E-state index contributed by atoms with van der Waals surface area (Å²) >= 11 is 0. The lowest BCUT2D eigenvalue weighted by atomic mass is 10.0. The summed E-state index contributed by atoms with van der Waals surface area (Å²) in [6, 6.07) is 8.81. The van der Waals surface area contributed by atoms with Crippen molar-refractivity contribution >= 4 is 21.5 Å². The minimum Gasteiger partial charge on any atom is -0.294 e. The van der Waals surface area contributed by atoms with Crippen LogP contribution in [-0.2, 0) is 16.4 Å². The Kier molecular flexibility index (Phi) is 5.46. The molecule has 158 valence electrons. The Morgan fingerprint density at radius 3 is 2.40 bits per heavy atom. The molecular formula is C22H26N4O3S. The van der Waals surface area contributed by atoms with E-state index in [1.165, 1.54) is 4.31 Å². The van der Waals surface area contributed by atoms with Gasteiger partial charge in [-0.05, 0) is 63.8 Å². The van der Waals surface area contributed by atoms with E-state index in [1.807, 2.05) is 26.8 Å². The monoisotopic (exact) mass is 426 g/mol. The van der Waals surface area contributed by atoms with Crippen LogP contribution in [0.3, 0.4) is 0 Å². The number of nitrogens with zero attached hydrogens (tertiary/aromatic N) is 4. The first-order valence-corrected chi connectivity index (χ1v) is 11.7. The van der Waals surface area contributed by atoms with Crippen LogP contribution in [0.2, 0.25) is 0 Å². The predicted octanol–water partition coefficient (Wildman–Crippen LogP) is 3.25. The van der Waals surface area contributed by atoms with Crippen molar-refractivity contribution in [1.29, 1.82) is 0 Å². The number of aryl methyl sites for hydroxylation is 4. The molecule has 0 amide bonds. The second-order valence-electron chi connectivity index (χ2n) is 7.91. The summed E-state index contributed by atoms with van der Waals surface area (Å²) in [7, 11) is -3.41. The van der Waals surface area contributed by atoms with Crippen LogP contribution in [0.5, 0.6) is 0 Å². The van der Waals surface area contributed by atoms with Crippen LogP contribution in [0.15, 0.2) is 35.2 Å². The van der Waals surface area contributed by atoms with Gasteiger partial charge in [0.2, 0.25) is 10.0 Å². The van der Waals surface area contributed by atoms with Crippen LogP contribution < -0.4 is 0 Å². The Morgan fingerprint density at radius 2 is 1.73 bits per heavy atom. The first-order chi connectivity index (χ1) is 14.3. The third-order valence-corrected chi connectivity index (χ3v) is 7.53. The van der Waals surface area contributed by atoms with E-state index in [2.05, 4.69) is 10.1 Å². The number of ketones is 1. The molecule has 0 radical (unpaired) electrons. The van der Waals surface area contributed by atoms with Crippen molar-refractivity contribution in [2.75, 3.05) is 13.1 Å². The minimum atomic E-state index is -3.41. The molecule has 0 bridgehead atoms. The van der Waals surface area contributed by atoms with Gasteiger partial charge in [-0.2, -0.15) is 9.40 Å². The van der Waals surface area contributed by atoms with Gasteiger partial charge in [-0.1, -0.05) is 12.1 Å². The molecule has 0 atom stereocenters. The summed E-state index contributed by atoms with van der Waals surface area (Å²) in [6.45, 7) is 6.85. The van der Waals surface area contributed by atoms with Crippen molar-refractivity contribution in [2.45, 2.75) is 51.3 Å². The van der Waals surface area contributed by atoms with Gasteiger partial charge in [0.15, 0.2) is 11.4 Å². The number of carbonyl (C=O) groups is 1. The fourth-order valence-electron chi connectivity index (χ4n) is 4.04. The third-order valence-electron chi connectivity index (χ3n) is 5.62. The van der Waals surface area contributed by atoms with Gasteiger partial charge in [-0.25, -0.2) is 17.9 Å². The molecule has 3 heterocycles. The van der Waals surface area contributed by atoms with Crippen LogP contribution in [-0.4, -0.2) is 46.2 Å². The lowest BCUT2D eigenvalue weighted by molar-refractivity contribution is 0.0983. The van der Waals surface area contributed by atoms with Crippen LogP contribution in [0.25, 0.3) is 5.65 Å². The number of benzene rings is 1. The van der Waals surface area contributed by atoms with Crippen LogP contribution in [0, 0.1) is 20.8 Å². The molecule has 1 aromatic carbocycles. The molecule has 0 N–H and O–H groups in total. The van der Waals surface area contributed by atoms with Crippen molar-refractivity contribution in [3.05, 3.63) is 58.5 Å². The first-order valence-electron chi connectivity index (χ1n) is 10.2. The van der Waals surface area contributed by atoms with Gasteiger partial charge >= 0.3 is 0 Å². The van der Waals surface area contributed by atoms with Gasteiger partial charge in [0.05, 0.1) is 16.2 Å². The molecule has 1 fully saturated rings. The first kappa shape index (κ1) is 20.7. The summed E-state index contributed by atoms with van der Waals surface area (Å²) in [5.74, 6) is -0.00577. The molecule has 0 unspecified atom stereocenters. The molecule has 0 spiro atoms. The molecule has 1 saturated heterocycles. The Balaban J connectivity index is 1.50. The van der Waals surface area contributed by atoms with Crippen LogP contribution in [0.4, 0.5) is 0 Å². The maximum atomic E-state index is 12.9. The summed E-state index contributed by atoms with van der Waals surface area (Å²) < 4.78 is 28.5. The van der Waals surface area contributed by atoms with E-state index < -0.39 is 10.0 Å². The highest BCUT2D eigenvalue weighted by atomic mass is 32.2. The fraction of sp³-hybridized carbons (Fsp3) is 0.409. The normalized spacial score (nSPS) is 15.2. The number of Topliss-reactive ketones (excluding diaryl/α,β-unsaturated/α-hetero) is 1. The van der Waals surface area contributed by atoms with Crippen LogP contribution >= 0.6 is 0 Å². The van der Waals surface area contributed by atoms with Gasteiger partial charge in [0.1, 0.15) is 0 Å². The molecule has 0 aliphatic carbocycles. The molecule has 30 heavy (non-hydrogen) atoms. The van der Waals surface area contributed by atoms with E-state index in [1.54, 1.807) is 28.8 Å². The molecule has 1 aliphatic rings. The zero-order valence-corrected chi connectivity index (χ0v) is 18.4. The Hall–Kier alpha value is -2.58. The predicted molar refractivity (Wildman–Crippen MR) is 114 cm³/mol. The number of rotatable bonds is 6. The Bertz CT molecular complexity index is 1210. The molecule has 2 aromatic heterocycles. The smallest absolute Gasteiger partial charge is 0.243 e. The number of hydrogen-bond donors (Lipinski definition) is 0. The van der Waals surface area contributed by atoms with Crippen molar-refractivity contribution in [1.82, 2.24) is 18.9 Å². The largest absolute Gasteiger partial charge is 0.294 e. The second kappa shape index (κ2) is 7.92. The van der Waals surface area contributed by atoms with Gasteiger partial charge in [0, 0.05) is 30.9 Å². The summed E-state index contributed by atoms with van der Waals surface area (Å²) in [4.78, 5) is 17.8. The highest BCUT2D eigenvalue weighted by Crippen LogP contribution is 2.22. The quantitative estimate of drug-likeness (QED) is 0.565. The van der Waals surface area contributed by atoms with Crippen molar-refractivity contribution in [3.8, 4) is 0 Å². The van der Waals surface area contributed by atoms with Crippen molar-refractivity contribution in [3.63, 3.8) is 0 Å². The molecule has 3 aromatic rings. The zero-order valence-electron chi connectivity index (χ0n) is 17.6. The third kappa shape index (κ3) is 3.77.